The second-order valence-electron chi connectivity index (χ2n) is 5.81. The van der Waals surface area contributed by atoms with Crippen molar-refractivity contribution in [1.82, 2.24) is 4.90 Å². The van der Waals surface area contributed by atoms with Crippen LogP contribution in [0, 0.1) is 17.0 Å². The zero-order valence-electron chi connectivity index (χ0n) is 13.2. The van der Waals surface area contributed by atoms with Crippen molar-refractivity contribution in [1.29, 1.82) is 0 Å². The molecule has 23 heavy (non-hydrogen) atoms. The van der Waals surface area contributed by atoms with Gasteiger partial charge in [-0.25, -0.2) is 8.42 Å². The summed E-state index contributed by atoms with van der Waals surface area (Å²) < 4.78 is 23.3. The van der Waals surface area contributed by atoms with Crippen molar-refractivity contribution in [2.45, 2.75) is 32.7 Å². The van der Waals surface area contributed by atoms with E-state index in [1.54, 1.807) is 24.0 Å². The van der Waals surface area contributed by atoms with Gasteiger partial charge in [-0.05, 0) is 25.8 Å². The van der Waals surface area contributed by atoms with Crippen LogP contribution in [-0.4, -0.2) is 48.2 Å². The molecule has 0 saturated carbocycles. The van der Waals surface area contributed by atoms with Crippen molar-refractivity contribution in [3.05, 3.63) is 39.4 Å². The minimum atomic E-state index is -3.10. The van der Waals surface area contributed by atoms with Crippen LogP contribution in [0.1, 0.15) is 35.7 Å². The zero-order valence-corrected chi connectivity index (χ0v) is 14.0. The lowest BCUT2D eigenvalue weighted by atomic mass is 10.1. The molecule has 8 heteroatoms. The van der Waals surface area contributed by atoms with Gasteiger partial charge in [0.15, 0.2) is 9.84 Å². The molecule has 1 amide bonds. The SMILES string of the molecule is CCCN(C(=O)c1ccc(C)c([N+](=O)[O-])c1)C1CCS(=O)(=O)C1. The summed E-state index contributed by atoms with van der Waals surface area (Å²) >= 11 is 0. The van der Waals surface area contributed by atoms with Crippen LogP contribution in [0.15, 0.2) is 18.2 Å². The highest BCUT2D eigenvalue weighted by atomic mass is 32.2. The van der Waals surface area contributed by atoms with E-state index >= 15 is 0 Å². The molecule has 1 aromatic carbocycles. The molecular weight excluding hydrogens is 320 g/mol. The zero-order chi connectivity index (χ0) is 17.2. The number of hydrogen-bond donors (Lipinski definition) is 0. The number of sulfone groups is 1. The third kappa shape index (κ3) is 3.87. The molecule has 0 bridgehead atoms. The largest absolute Gasteiger partial charge is 0.335 e. The van der Waals surface area contributed by atoms with Gasteiger partial charge in [0.25, 0.3) is 11.6 Å². The first-order valence-corrected chi connectivity index (χ1v) is 9.33. The van der Waals surface area contributed by atoms with E-state index in [2.05, 4.69) is 0 Å². The van der Waals surface area contributed by atoms with Gasteiger partial charge in [-0.15, -0.1) is 0 Å². The summed E-state index contributed by atoms with van der Waals surface area (Å²) in [4.78, 5) is 24.8. The topological polar surface area (TPSA) is 97.6 Å². The highest BCUT2D eigenvalue weighted by molar-refractivity contribution is 7.91. The van der Waals surface area contributed by atoms with Gasteiger partial charge in [0.2, 0.25) is 0 Å². The summed E-state index contributed by atoms with van der Waals surface area (Å²) in [7, 11) is -3.10. The Bertz CT molecular complexity index is 729. The van der Waals surface area contributed by atoms with Crippen molar-refractivity contribution >= 4 is 21.4 Å². The van der Waals surface area contributed by atoms with Crippen molar-refractivity contribution in [3.63, 3.8) is 0 Å². The average Bonchev–Trinajstić information content (AvgIpc) is 2.84. The van der Waals surface area contributed by atoms with Crippen LogP contribution >= 0.6 is 0 Å². The fourth-order valence-corrected chi connectivity index (χ4v) is 4.55. The van der Waals surface area contributed by atoms with Crippen LogP contribution in [0.5, 0.6) is 0 Å². The first-order chi connectivity index (χ1) is 10.7. The van der Waals surface area contributed by atoms with Gasteiger partial charge in [-0.3, -0.25) is 14.9 Å². The predicted octanol–water partition coefficient (Wildman–Crippen LogP) is 1.94. The molecule has 0 radical (unpaired) electrons. The fraction of sp³-hybridized carbons (Fsp3) is 0.533. The molecule has 1 saturated heterocycles. The van der Waals surface area contributed by atoms with E-state index in [0.717, 1.165) is 0 Å². The second kappa shape index (κ2) is 6.66. The van der Waals surface area contributed by atoms with Crippen LogP contribution in [0.4, 0.5) is 5.69 Å². The summed E-state index contributed by atoms with van der Waals surface area (Å²) in [5.74, 6) is -0.302. The maximum atomic E-state index is 12.7. The smallest absolute Gasteiger partial charge is 0.273 e. The first kappa shape index (κ1) is 17.4. The quantitative estimate of drug-likeness (QED) is 0.603. The normalized spacial score (nSPS) is 19.5. The number of nitrogens with zero attached hydrogens (tertiary/aromatic N) is 2. The van der Waals surface area contributed by atoms with Gasteiger partial charge < -0.3 is 4.90 Å². The monoisotopic (exact) mass is 340 g/mol. The summed E-state index contributed by atoms with van der Waals surface area (Å²) in [6.07, 6.45) is 1.11. The maximum Gasteiger partial charge on any atom is 0.273 e. The Morgan fingerprint density at radius 1 is 1.43 bits per heavy atom. The van der Waals surface area contributed by atoms with E-state index in [-0.39, 0.29) is 34.7 Å². The molecule has 1 aliphatic rings. The molecule has 1 aliphatic heterocycles. The Morgan fingerprint density at radius 2 is 2.13 bits per heavy atom. The van der Waals surface area contributed by atoms with E-state index in [4.69, 9.17) is 0 Å². The van der Waals surface area contributed by atoms with Crippen molar-refractivity contribution < 1.29 is 18.1 Å². The fourth-order valence-electron chi connectivity index (χ4n) is 2.82. The van der Waals surface area contributed by atoms with Gasteiger partial charge in [0.05, 0.1) is 16.4 Å². The van der Waals surface area contributed by atoms with Crippen LogP contribution in [0.25, 0.3) is 0 Å². The summed E-state index contributed by atoms with van der Waals surface area (Å²) in [5, 5.41) is 11.0. The molecule has 0 spiro atoms. The number of carbonyl (C=O) groups is 1. The number of benzene rings is 1. The van der Waals surface area contributed by atoms with E-state index in [0.29, 0.717) is 24.9 Å². The molecule has 1 fully saturated rings. The lowest BCUT2D eigenvalue weighted by molar-refractivity contribution is -0.385. The Balaban J connectivity index is 2.31. The third-order valence-corrected chi connectivity index (χ3v) is 5.78. The molecule has 7 nitrogen and oxygen atoms in total. The molecule has 0 aromatic heterocycles. The summed E-state index contributed by atoms with van der Waals surface area (Å²) in [6, 6.07) is 4.01. The molecule has 2 rings (SSSR count). The van der Waals surface area contributed by atoms with Crippen molar-refractivity contribution in [3.8, 4) is 0 Å². The number of aryl methyl sites for hydroxylation is 1. The molecule has 0 aliphatic carbocycles. The molecule has 1 unspecified atom stereocenters. The average molecular weight is 340 g/mol. The molecule has 1 atom stereocenters. The highest BCUT2D eigenvalue weighted by Crippen LogP contribution is 2.24. The standard InChI is InChI=1S/C15H20N2O5S/c1-3-7-16(13-6-8-23(21,22)10-13)15(18)12-5-4-11(2)14(9-12)17(19)20/h4-5,9,13H,3,6-8,10H2,1-2H3. The van der Waals surface area contributed by atoms with E-state index in [9.17, 15) is 23.3 Å². The molecule has 0 N–H and O–H groups in total. The Labute approximate surface area is 135 Å². The number of nitro groups is 1. The second-order valence-corrected chi connectivity index (χ2v) is 8.04. The van der Waals surface area contributed by atoms with Gasteiger partial charge in [-0.1, -0.05) is 13.0 Å². The van der Waals surface area contributed by atoms with Crippen molar-refractivity contribution in [2.24, 2.45) is 0 Å². The van der Waals surface area contributed by atoms with Crippen LogP contribution in [0.2, 0.25) is 0 Å². The number of hydrogen-bond acceptors (Lipinski definition) is 5. The van der Waals surface area contributed by atoms with Crippen LogP contribution < -0.4 is 0 Å². The number of carbonyl (C=O) groups excluding carboxylic acids is 1. The van der Waals surface area contributed by atoms with Gasteiger partial charge in [0.1, 0.15) is 0 Å². The molecule has 1 aromatic rings. The Kier molecular flexibility index (Phi) is 5.03. The first-order valence-electron chi connectivity index (χ1n) is 7.51. The van der Waals surface area contributed by atoms with E-state index < -0.39 is 14.8 Å². The number of nitro benzene ring substituents is 1. The van der Waals surface area contributed by atoms with E-state index in [1.165, 1.54) is 6.07 Å². The lowest BCUT2D eigenvalue weighted by Gasteiger charge is -2.28. The number of amides is 1. The minimum Gasteiger partial charge on any atom is -0.335 e. The summed E-state index contributed by atoms with van der Waals surface area (Å²) in [5.41, 5.74) is 0.600. The number of rotatable bonds is 5. The highest BCUT2D eigenvalue weighted by Gasteiger charge is 2.34. The predicted molar refractivity (Wildman–Crippen MR) is 86.2 cm³/mol. The van der Waals surface area contributed by atoms with Crippen molar-refractivity contribution in [2.75, 3.05) is 18.1 Å². The Morgan fingerprint density at radius 3 is 2.65 bits per heavy atom. The van der Waals surface area contributed by atoms with Crippen LogP contribution in [-0.2, 0) is 9.84 Å². The maximum absolute atomic E-state index is 12.7. The lowest BCUT2D eigenvalue weighted by Crippen LogP contribution is -2.41. The summed E-state index contributed by atoms with van der Waals surface area (Å²) in [6.45, 7) is 3.95. The van der Waals surface area contributed by atoms with E-state index in [1.807, 2.05) is 6.92 Å². The van der Waals surface area contributed by atoms with Gasteiger partial charge >= 0.3 is 0 Å². The minimum absolute atomic E-state index is 0.0350. The van der Waals surface area contributed by atoms with Crippen LogP contribution in [0.3, 0.4) is 0 Å². The van der Waals surface area contributed by atoms with Gasteiger partial charge in [-0.2, -0.15) is 0 Å². The molecule has 126 valence electrons. The third-order valence-electron chi connectivity index (χ3n) is 4.03. The molecular formula is C15H20N2O5S. The van der Waals surface area contributed by atoms with Gasteiger partial charge in [0, 0.05) is 29.8 Å². The molecule has 1 heterocycles. The Hall–Kier alpha value is -1.96.